The van der Waals surface area contributed by atoms with E-state index in [9.17, 15) is 30.0 Å². The highest BCUT2D eigenvalue weighted by Crippen LogP contribution is 2.38. The van der Waals surface area contributed by atoms with Gasteiger partial charge in [0.25, 0.3) is 0 Å². The molecular weight excluding hydrogens is 390 g/mol. The third kappa shape index (κ3) is 4.10. The number of carboxylic acid groups (broad SMARTS) is 1. The number of benzene rings is 1. The number of fused-ring (bicyclic) bond motifs is 1. The van der Waals surface area contributed by atoms with Crippen LogP contribution in [0.2, 0.25) is 0 Å². The maximum atomic E-state index is 11.5. The molecule has 3 rings (SSSR count). The van der Waals surface area contributed by atoms with Crippen molar-refractivity contribution in [2.45, 2.75) is 42.9 Å². The Bertz CT molecular complexity index is 812. The third-order valence-corrected chi connectivity index (χ3v) is 4.68. The minimum Gasteiger partial charge on any atom is -0.479 e. The average Bonchev–Trinajstić information content (AvgIpc) is 2.69. The molecule has 0 spiro atoms. The van der Waals surface area contributed by atoms with Crippen LogP contribution in [0.3, 0.4) is 0 Å². The lowest BCUT2D eigenvalue weighted by Gasteiger charge is -2.40. The molecule has 11 nitrogen and oxygen atoms in total. The van der Waals surface area contributed by atoms with E-state index in [1.165, 1.54) is 25.3 Å². The highest BCUT2D eigenvalue weighted by molar-refractivity contribution is 5.74. The van der Waals surface area contributed by atoms with Crippen molar-refractivity contribution in [3.8, 4) is 5.75 Å². The summed E-state index contributed by atoms with van der Waals surface area (Å²) in [7, 11) is 1.39. The van der Waals surface area contributed by atoms with Gasteiger partial charge in [-0.15, -0.1) is 0 Å². The van der Waals surface area contributed by atoms with Crippen molar-refractivity contribution in [1.29, 1.82) is 0 Å². The van der Waals surface area contributed by atoms with Crippen molar-refractivity contribution >= 4 is 18.1 Å². The Hall–Kier alpha value is -2.54. The molecule has 7 atom stereocenters. The Balaban J connectivity index is 1.88. The van der Waals surface area contributed by atoms with E-state index in [2.05, 4.69) is 5.32 Å². The summed E-state index contributed by atoms with van der Waals surface area (Å²) in [5.41, 5.74) is 0.803. The summed E-state index contributed by atoms with van der Waals surface area (Å²) in [4.78, 5) is 22.8. The van der Waals surface area contributed by atoms with E-state index < -0.39 is 55.0 Å². The van der Waals surface area contributed by atoms with E-state index in [4.69, 9.17) is 19.3 Å². The number of aliphatic hydroxyl groups excluding tert-OH is 4. The molecule has 1 aromatic carbocycles. The second kappa shape index (κ2) is 8.45. The maximum Gasteiger partial charge on any atom is 0.412 e. The number of carbonyl (C=O) groups is 2. The van der Waals surface area contributed by atoms with Crippen LogP contribution in [0.1, 0.15) is 17.2 Å². The quantitative estimate of drug-likeness (QED) is 0.351. The standard InChI is InChI=1S/C18H21NO10/c1-19-18(26)27-10-4-2-3-8-7(10)5-6-9(20)14(8)28-17-13(23)11(21)12(22)15(29-17)16(24)25/h2-6,9,11-15,17,20-23H,1H3,(H,19,26)(H,24,25)/t9?,11-,12-,13+,14?,15-,17+/m0/s1. The lowest BCUT2D eigenvalue weighted by atomic mass is 9.91. The zero-order chi connectivity index (χ0) is 21.3. The fraction of sp³-hybridized carbons (Fsp3) is 0.444. The molecule has 1 saturated heterocycles. The van der Waals surface area contributed by atoms with Crippen LogP contribution >= 0.6 is 0 Å². The summed E-state index contributed by atoms with van der Waals surface area (Å²) in [5.74, 6) is -1.37. The van der Waals surface area contributed by atoms with Gasteiger partial charge in [0.05, 0.1) is 0 Å². The average molecular weight is 411 g/mol. The molecule has 1 heterocycles. The lowest BCUT2D eigenvalue weighted by molar-refractivity contribution is -0.310. The van der Waals surface area contributed by atoms with Crippen LogP contribution in [0.15, 0.2) is 24.3 Å². The molecule has 6 N–H and O–H groups in total. The van der Waals surface area contributed by atoms with Crippen LogP contribution in [-0.2, 0) is 14.3 Å². The van der Waals surface area contributed by atoms with Gasteiger partial charge < -0.3 is 45.1 Å². The minimum atomic E-state index is -1.86. The monoisotopic (exact) mass is 411 g/mol. The molecule has 0 bridgehead atoms. The van der Waals surface area contributed by atoms with Crippen LogP contribution in [-0.4, -0.2) is 81.5 Å². The first-order valence-electron chi connectivity index (χ1n) is 8.71. The first-order valence-corrected chi connectivity index (χ1v) is 8.71. The number of rotatable bonds is 4. The fourth-order valence-corrected chi connectivity index (χ4v) is 3.17. The molecule has 11 heteroatoms. The van der Waals surface area contributed by atoms with Crippen molar-refractivity contribution in [1.82, 2.24) is 5.32 Å². The van der Waals surface area contributed by atoms with Crippen molar-refractivity contribution in [3.63, 3.8) is 0 Å². The topological polar surface area (TPSA) is 175 Å². The molecule has 1 aliphatic heterocycles. The normalized spacial score (nSPS) is 33.6. The van der Waals surface area contributed by atoms with Crippen molar-refractivity contribution in [3.05, 3.63) is 35.4 Å². The predicted molar refractivity (Wildman–Crippen MR) is 94.7 cm³/mol. The SMILES string of the molecule is CNC(=O)Oc1cccc2c1C=CC(O)C2O[C@@H]1O[C@H](C(=O)O)[C@@H](O)[C@H](O)[C@H]1O. The van der Waals surface area contributed by atoms with Gasteiger partial charge in [0.15, 0.2) is 12.4 Å². The first-order chi connectivity index (χ1) is 13.7. The molecule has 0 radical (unpaired) electrons. The Morgan fingerprint density at radius 1 is 1.10 bits per heavy atom. The maximum absolute atomic E-state index is 11.5. The number of ether oxygens (including phenoxy) is 3. The van der Waals surface area contributed by atoms with Crippen LogP contribution in [0.25, 0.3) is 6.08 Å². The molecule has 2 aliphatic rings. The summed E-state index contributed by atoms with van der Waals surface area (Å²) in [6.07, 6.45) is -9.13. The number of amides is 1. The molecule has 0 aromatic heterocycles. The van der Waals surface area contributed by atoms with Gasteiger partial charge in [-0.3, -0.25) is 0 Å². The minimum absolute atomic E-state index is 0.183. The number of aliphatic hydroxyl groups is 4. The summed E-state index contributed by atoms with van der Waals surface area (Å²) >= 11 is 0. The van der Waals surface area contributed by atoms with E-state index in [0.717, 1.165) is 0 Å². The number of hydrogen-bond acceptors (Lipinski definition) is 9. The molecule has 0 saturated carbocycles. The largest absolute Gasteiger partial charge is 0.479 e. The zero-order valence-corrected chi connectivity index (χ0v) is 15.2. The summed E-state index contributed by atoms with van der Waals surface area (Å²) in [6.45, 7) is 0. The van der Waals surface area contributed by atoms with Crippen molar-refractivity contribution in [2.75, 3.05) is 7.05 Å². The molecule has 1 aromatic rings. The van der Waals surface area contributed by atoms with Gasteiger partial charge in [0.1, 0.15) is 36.3 Å². The van der Waals surface area contributed by atoms with E-state index in [-0.39, 0.29) is 5.75 Å². The van der Waals surface area contributed by atoms with Gasteiger partial charge in [-0.1, -0.05) is 24.3 Å². The van der Waals surface area contributed by atoms with E-state index in [1.807, 2.05) is 0 Å². The Morgan fingerprint density at radius 3 is 2.48 bits per heavy atom. The molecule has 1 fully saturated rings. The van der Waals surface area contributed by atoms with Gasteiger partial charge in [-0.2, -0.15) is 0 Å². The molecular formula is C18H21NO10. The number of aliphatic carboxylic acids is 1. The molecule has 1 aliphatic carbocycles. The van der Waals surface area contributed by atoms with Gasteiger partial charge in [-0.05, 0) is 11.6 Å². The predicted octanol–water partition coefficient (Wildman–Crippen LogP) is -1.26. The summed E-state index contributed by atoms with van der Waals surface area (Å²) in [6, 6.07) is 4.66. The van der Waals surface area contributed by atoms with Crippen LogP contribution in [0.5, 0.6) is 5.75 Å². The summed E-state index contributed by atoms with van der Waals surface area (Å²) < 4.78 is 15.9. The first kappa shape index (κ1) is 21.2. The lowest BCUT2D eigenvalue weighted by Crippen LogP contribution is -2.60. The molecule has 2 unspecified atom stereocenters. The number of hydrogen-bond donors (Lipinski definition) is 6. The van der Waals surface area contributed by atoms with E-state index in [0.29, 0.717) is 11.1 Å². The van der Waals surface area contributed by atoms with Crippen LogP contribution < -0.4 is 10.1 Å². The van der Waals surface area contributed by atoms with Crippen molar-refractivity contribution in [2.24, 2.45) is 0 Å². The van der Waals surface area contributed by atoms with E-state index >= 15 is 0 Å². The number of carboxylic acids is 1. The smallest absolute Gasteiger partial charge is 0.412 e. The zero-order valence-electron chi connectivity index (χ0n) is 15.2. The summed E-state index contributed by atoms with van der Waals surface area (Å²) in [5, 5.41) is 51.6. The van der Waals surface area contributed by atoms with Crippen LogP contribution in [0.4, 0.5) is 4.79 Å². The van der Waals surface area contributed by atoms with Crippen LogP contribution in [0, 0.1) is 0 Å². The van der Waals surface area contributed by atoms with Gasteiger partial charge in [0.2, 0.25) is 0 Å². The Labute approximate surface area is 164 Å². The van der Waals surface area contributed by atoms with Gasteiger partial charge in [-0.25, -0.2) is 9.59 Å². The Kier molecular flexibility index (Phi) is 6.17. The second-order valence-electron chi connectivity index (χ2n) is 6.54. The fourth-order valence-electron chi connectivity index (χ4n) is 3.17. The highest BCUT2D eigenvalue weighted by Gasteiger charge is 2.48. The molecule has 158 valence electrons. The highest BCUT2D eigenvalue weighted by atomic mass is 16.7. The molecule has 1 amide bonds. The van der Waals surface area contributed by atoms with Gasteiger partial charge in [0, 0.05) is 12.6 Å². The van der Waals surface area contributed by atoms with Crippen molar-refractivity contribution < 1.29 is 49.3 Å². The van der Waals surface area contributed by atoms with E-state index in [1.54, 1.807) is 12.1 Å². The second-order valence-corrected chi connectivity index (χ2v) is 6.54. The van der Waals surface area contributed by atoms with Gasteiger partial charge >= 0.3 is 12.1 Å². The molecule has 29 heavy (non-hydrogen) atoms. The number of nitrogens with one attached hydrogen (secondary N) is 1. The Morgan fingerprint density at radius 2 is 1.83 bits per heavy atom. The number of carbonyl (C=O) groups excluding carboxylic acids is 1. The third-order valence-electron chi connectivity index (χ3n) is 4.68.